The highest BCUT2D eigenvalue weighted by Crippen LogP contribution is 2.21. The van der Waals surface area contributed by atoms with Gasteiger partial charge in [-0.15, -0.1) is 0 Å². The second-order valence-electron chi connectivity index (χ2n) is 6.35. The van der Waals surface area contributed by atoms with Gasteiger partial charge >= 0.3 is 0 Å². The Bertz CT molecular complexity index is 576. The van der Waals surface area contributed by atoms with E-state index in [1.807, 2.05) is 24.3 Å². The van der Waals surface area contributed by atoms with E-state index in [1.54, 1.807) is 19.1 Å². The van der Waals surface area contributed by atoms with Crippen molar-refractivity contribution in [2.75, 3.05) is 27.2 Å². The fraction of sp³-hybridized carbons (Fsp3) is 0.556. The number of primary amides is 1. The highest BCUT2D eigenvalue weighted by molar-refractivity contribution is 5.78. The van der Waals surface area contributed by atoms with Crippen molar-refractivity contribution in [1.82, 2.24) is 9.80 Å². The van der Waals surface area contributed by atoms with Crippen molar-refractivity contribution in [3.8, 4) is 5.75 Å². The van der Waals surface area contributed by atoms with Crippen molar-refractivity contribution in [3.05, 3.63) is 29.8 Å². The third-order valence-electron chi connectivity index (χ3n) is 4.55. The molecule has 24 heavy (non-hydrogen) atoms. The molecule has 0 unspecified atom stereocenters. The highest BCUT2D eigenvalue weighted by atomic mass is 16.5. The third kappa shape index (κ3) is 4.96. The van der Waals surface area contributed by atoms with Gasteiger partial charge in [0.25, 0.3) is 0 Å². The van der Waals surface area contributed by atoms with Gasteiger partial charge in [-0.25, -0.2) is 0 Å². The van der Waals surface area contributed by atoms with Crippen LogP contribution < -0.4 is 10.5 Å². The summed E-state index contributed by atoms with van der Waals surface area (Å²) in [5, 5.41) is 0. The monoisotopic (exact) mass is 333 g/mol. The first kappa shape index (κ1) is 18.3. The molecule has 0 saturated carbocycles. The summed E-state index contributed by atoms with van der Waals surface area (Å²) in [6.07, 6.45) is 3.38. The zero-order valence-corrected chi connectivity index (χ0v) is 14.5. The molecule has 1 saturated heterocycles. The van der Waals surface area contributed by atoms with E-state index in [1.165, 1.54) is 0 Å². The number of carbonyl (C=O) groups excluding carboxylic acids is 2. The minimum atomic E-state index is -0.304. The van der Waals surface area contributed by atoms with Gasteiger partial charge in [-0.05, 0) is 25.5 Å². The number of rotatable bonds is 7. The summed E-state index contributed by atoms with van der Waals surface area (Å²) in [6, 6.07) is 7.77. The summed E-state index contributed by atoms with van der Waals surface area (Å²) >= 11 is 0. The Balaban J connectivity index is 1.96. The normalized spacial score (nSPS) is 18.2. The Labute approximate surface area is 143 Å². The van der Waals surface area contributed by atoms with Gasteiger partial charge in [0.05, 0.1) is 13.7 Å². The number of amides is 2. The number of likely N-dealkylation sites (N-methyl/N-ethyl adjacent to an activating group) is 1. The van der Waals surface area contributed by atoms with E-state index in [9.17, 15) is 9.59 Å². The molecule has 1 atom stereocenters. The number of carbonyl (C=O) groups is 2. The average molecular weight is 333 g/mol. The number of likely N-dealkylation sites (tertiary alicyclic amines) is 1. The molecular weight excluding hydrogens is 306 g/mol. The number of hydrogen-bond acceptors (Lipinski definition) is 4. The zero-order valence-electron chi connectivity index (χ0n) is 14.5. The maximum atomic E-state index is 12.6. The Hall–Kier alpha value is -2.08. The first-order valence-electron chi connectivity index (χ1n) is 8.39. The van der Waals surface area contributed by atoms with Gasteiger partial charge in [-0.1, -0.05) is 24.6 Å². The summed E-state index contributed by atoms with van der Waals surface area (Å²) in [7, 11) is 3.42. The number of benzene rings is 1. The van der Waals surface area contributed by atoms with E-state index in [4.69, 9.17) is 10.5 Å². The van der Waals surface area contributed by atoms with Crippen molar-refractivity contribution < 1.29 is 14.3 Å². The lowest BCUT2D eigenvalue weighted by atomic mass is 9.99. The SMILES string of the molecule is COc1ccccc1CN(C)C(=O)CN1CCCC[C@H]1CC(N)=O. The van der Waals surface area contributed by atoms with Crippen LogP contribution in [0.4, 0.5) is 0 Å². The van der Waals surface area contributed by atoms with E-state index in [0.29, 0.717) is 19.5 Å². The van der Waals surface area contributed by atoms with Crippen LogP contribution in [0.15, 0.2) is 24.3 Å². The molecule has 0 aromatic heterocycles. The number of nitrogens with two attached hydrogens (primary N) is 1. The Kier molecular flexibility index (Phi) is 6.61. The van der Waals surface area contributed by atoms with E-state index in [0.717, 1.165) is 37.1 Å². The predicted molar refractivity (Wildman–Crippen MR) is 92.5 cm³/mol. The van der Waals surface area contributed by atoms with Gasteiger partial charge in [0.1, 0.15) is 5.75 Å². The molecule has 2 rings (SSSR count). The Morgan fingerprint density at radius 2 is 2.08 bits per heavy atom. The van der Waals surface area contributed by atoms with Crippen LogP contribution in [0.2, 0.25) is 0 Å². The molecule has 1 aliphatic rings. The van der Waals surface area contributed by atoms with Gasteiger partial charge in [-0.2, -0.15) is 0 Å². The van der Waals surface area contributed by atoms with E-state index in [2.05, 4.69) is 4.90 Å². The second kappa shape index (κ2) is 8.68. The number of methoxy groups -OCH3 is 1. The Morgan fingerprint density at radius 1 is 1.33 bits per heavy atom. The number of piperidine rings is 1. The lowest BCUT2D eigenvalue weighted by molar-refractivity contribution is -0.133. The second-order valence-corrected chi connectivity index (χ2v) is 6.35. The van der Waals surface area contributed by atoms with Crippen molar-refractivity contribution in [2.45, 2.75) is 38.3 Å². The molecule has 1 aromatic carbocycles. The summed E-state index contributed by atoms with van der Waals surface area (Å²) in [6.45, 7) is 1.66. The molecule has 0 bridgehead atoms. The molecule has 1 heterocycles. The standard InChI is InChI=1S/C18H27N3O3/c1-20(12-14-7-3-4-9-16(14)24-2)18(23)13-21-10-6-5-8-15(21)11-17(19)22/h3-4,7,9,15H,5-6,8,10-13H2,1-2H3,(H2,19,22)/t15-/m0/s1. The number of para-hydroxylation sites is 1. The third-order valence-corrected chi connectivity index (χ3v) is 4.55. The molecule has 2 N–H and O–H groups in total. The molecule has 1 aliphatic heterocycles. The van der Waals surface area contributed by atoms with Gasteiger partial charge in [0, 0.05) is 31.6 Å². The molecule has 6 heteroatoms. The molecule has 0 aliphatic carbocycles. The van der Waals surface area contributed by atoms with E-state index < -0.39 is 0 Å². The molecule has 0 radical (unpaired) electrons. The van der Waals surface area contributed by atoms with Crippen LogP contribution in [-0.2, 0) is 16.1 Å². The minimum Gasteiger partial charge on any atom is -0.496 e. The van der Waals surface area contributed by atoms with Crippen LogP contribution in [0.25, 0.3) is 0 Å². The summed E-state index contributed by atoms with van der Waals surface area (Å²) in [4.78, 5) is 27.6. The van der Waals surface area contributed by atoms with Gasteiger partial charge in [0.2, 0.25) is 11.8 Å². The van der Waals surface area contributed by atoms with Gasteiger partial charge in [0.15, 0.2) is 0 Å². The number of ether oxygens (including phenoxy) is 1. The maximum absolute atomic E-state index is 12.6. The zero-order chi connectivity index (χ0) is 17.5. The lowest BCUT2D eigenvalue weighted by Gasteiger charge is -2.35. The predicted octanol–water partition coefficient (Wildman–Crippen LogP) is 1.38. The maximum Gasteiger partial charge on any atom is 0.236 e. The van der Waals surface area contributed by atoms with Crippen LogP contribution in [0, 0.1) is 0 Å². The summed E-state index contributed by atoms with van der Waals surface area (Å²) in [5.41, 5.74) is 6.31. The molecule has 2 amide bonds. The topological polar surface area (TPSA) is 75.9 Å². The fourth-order valence-corrected chi connectivity index (χ4v) is 3.20. The van der Waals surface area contributed by atoms with Gasteiger partial charge < -0.3 is 15.4 Å². The molecule has 6 nitrogen and oxygen atoms in total. The van der Waals surface area contributed by atoms with Crippen LogP contribution in [0.3, 0.4) is 0 Å². The molecular formula is C18H27N3O3. The van der Waals surface area contributed by atoms with E-state index >= 15 is 0 Å². The first-order chi connectivity index (χ1) is 11.5. The van der Waals surface area contributed by atoms with Gasteiger partial charge in [-0.3, -0.25) is 14.5 Å². The molecule has 132 valence electrons. The van der Waals surface area contributed by atoms with Crippen molar-refractivity contribution >= 4 is 11.8 Å². The fourth-order valence-electron chi connectivity index (χ4n) is 3.20. The van der Waals surface area contributed by atoms with Crippen LogP contribution in [0.1, 0.15) is 31.2 Å². The smallest absolute Gasteiger partial charge is 0.236 e. The molecule has 0 spiro atoms. The number of nitrogens with zero attached hydrogens (tertiary/aromatic N) is 2. The minimum absolute atomic E-state index is 0.0391. The van der Waals surface area contributed by atoms with Crippen LogP contribution in [0.5, 0.6) is 5.75 Å². The number of hydrogen-bond donors (Lipinski definition) is 1. The summed E-state index contributed by atoms with van der Waals surface area (Å²) < 4.78 is 5.34. The largest absolute Gasteiger partial charge is 0.496 e. The van der Waals surface area contributed by atoms with Crippen LogP contribution in [-0.4, -0.2) is 54.9 Å². The molecule has 1 aromatic rings. The quantitative estimate of drug-likeness (QED) is 0.818. The first-order valence-corrected chi connectivity index (χ1v) is 8.39. The Morgan fingerprint density at radius 3 is 2.79 bits per heavy atom. The summed E-state index contributed by atoms with van der Waals surface area (Å²) in [5.74, 6) is 0.515. The average Bonchev–Trinajstić information content (AvgIpc) is 2.56. The van der Waals surface area contributed by atoms with Crippen molar-refractivity contribution in [2.24, 2.45) is 5.73 Å². The van der Waals surface area contributed by atoms with E-state index in [-0.39, 0.29) is 17.9 Å². The molecule has 1 fully saturated rings. The van der Waals surface area contributed by atoms with Crippen LogP contribution >= 0.6 is 0 Å². The van der Waals surface area contributed by atoms with Crippen molar-refractivity contribution in [3.63, 3.8) is 0 Å². The lowest BCUT2D eigenvalue weighted by Crippen LogP contribution is -2.47. The van der Waals surface area contributed by atoms with Crippen molar-refractivity contribution in [1.29, 1.82) is 0 Å². The highest BCUT2D eigenvalue weighted by Gasteiger charge is 2.26.